The number of aromatic nitrogens is 2. The van der Waals surface area contributed by atoms with E-state index in [1.807, 2.05) is 18.5 Å². The van der Waals surface area contributed by atoms with Gasteiger partial charge < -0.3 is 15.0 Å². The molecule has 1 fully saturated rings. The summed E-state index contributed by atoms with van der Waals surface area (Å²) in [6.45, 7) is 5.56. The van der Waals surface area contributed by atoms with Crippen molar-refractivity contribution in [2.24, 2.45) is 11.8 Å². The first-order chi connectivity index (χ1) is 13.7. The van der Waals surface area contributed by atoms with Gasteiger partial charge in [-0.2, -0.15) is 0 Å². The third kappa shape index (κ3) is 4.30. The van der Waals surface area contributed by atoms with Gasteiger partial charge in [0.15, 0.2) is 0 Å². The minimum Gasteiger partial charge on any atom is -0.496 e. The van der Waals surface area contributed by atoms with Crippen molar-refractivity contribution in [3.63, 3.8) is 0 Å². The maximum Gasteiger partial charge on any atom is 0.225 e. The molecule has 1 aromatic heterocycles. The van der Waals surface area contributed by atoms with E-state index in [1.165, 1.54) is 36.8 Å². The molecule has 4 rings (SSSR count). The molecule has 0 radical (unpaired) electrons. The van der Waals surface area contributed by atoms with Gasteiger partial charge >= 0.3 is 0 Å². The van der Waals surface area contributed by atoms with Crippen molar-refractivity contribution in [2.45, 2.75) is 45.1 Å². The van der Waals surface area contributed by atoms with Crippen LogP contribution in [0.1, 0.15) is 37.3 Å². The molecule has 0 spiro atoms. The Morgan fingerprint density at radius 3 is 2.68 bits per heavy atom. The molecular weight excluding hydrogens is 348 g/mol. The number of rotatable bonds is 6. The first-order valence-corrected chi connectivity index (χ1v) is 10.6. The Morgan fingerprint density at radius 1 is 1.14 bits per heavy atom. The molecule has 150 valence electrons. The van der Waals surface area contributed by atoms with Crippen LogP contribution in [-0.4, -0.2) is 42.8 Å². The smallest absolute Gasteiger partial charge is 0.225 e. The second kappa shape index (κ2) is 8.91. The lowest BCUT2D eigenvalue weighted by Crippen LogP contribution is -2.44. The summed E-state index contributed by atoms with van der Waals surface area (Å²) >= 11 is 0. The Balaban J connectivity index is 1.26. The number of aryl methyl sites for hydroxylation is 1. The maximum atomic E-state index is 5.59. The van der Waals surface area contributed by atoms with Crippen LogP contribution in [0.3, 0.4) is 0 Å². The van der Waals surface area contributed by atoms with Crippen molar-refractivity contribution in [3.05, 3.63) is 47.8 Å². The van der Waals surface area contributed by atoms with Crippen LogP contribution in [0.15, 0.2) is 36.7 Å². The highest BCUT2D eigenvalue weighted by Crippen LogP contribution is 2.32. The molecular formula is C23H32N4O. The van der Waals surface area contributed by atoms with Crippen molar-refractivity contribution < 1.29 is 4.74 Å². The van der Waals surface area contributed by atoms with Gasteiger partial charge in [-0.1, -0.05) is 12.1 Å². The summed E-state index contributed by atoms with van der Waals surface area (Å²) in [7, 11) is 1.78. The number of methoxy groups -OCH3 is 1. The van der Waals surface area contributed by atoms with Crippen molar-refractivity contribution in [1.82, 2.24) is 15.3 Å². The summed E-state index contributed by atoms with van der Waals surface area (Å²) in [5.74, 6) is 3.36. The second-order valence-electron chi connectivity index (χ2n) is 8.28. The Hall–Kier alpha value is -2.14. The highest BCUT2D eigenvalue weighted by Gasteiger charge is 2.26. The number of fused-ring (bicyclic) bond motifs is 1. The summed E-state index contributed by atoms with van der Waals surface area (Å²) in [6.07, 6.45) is 9.63. The van der Waals surface area contributed by atoms with Crippen LogP contribution in [0, 0.1) is 11.8 Å². The van der Waals surface area contributed by atoms with E-state index in [4.69, 9.17) is 4.74 Å². The topological polar surface area (TPSA) is 50.3 Å². The zero-order valence-corrected chi connectivity index (χ0v) is 17.1. The minimum atomic E-state index is 0.554. The Labute approximate surface area is 168 Å². The lowest BCUT2D eigenvalue weighted by molar-refractivity contribution is 0.288. The van der Waals surface area contributed by atoms with E-state index in [0.29, 0.717) is 12.0 Å². The first kappa shape index (κ1) is 19.2. The zero-order chi connectivity index (χ0) is 19.3. The third-order valence-corrected chi connectivity index (χ3v) is 6.57. The lowest BCUT2D eigenvalue weighted by atomic mass is 9.83. The summed E-state index contributed by atoms with van der Waals surface area (Å²) in [4.78, 5) is 11.1. The van der Waals surface area contributed by atoms with Crippen LogP contribution < -0.4 is 15.0 Å². The van der Waals surface area contributed by atoms with E-state index in [-0.39, 0.29) is 0 Å². The first-order valence-electron chi connectivity index (χ1n) is 10.6. The van der Waals surface area contributed by atoms with Crippen LogP contribution in [0.4, 0.5) is 5.95 Å². The monoisotopic (exact) mass is 380 g/mol. The summed E-state index contributed by atoms with van der Waals surface area (Å²) in [5.41, 5.74) is 2.89. The molecule has 2 unspecified atom stereocenters. The predicted octanol–water partition coefficient (Wildman–Crippen LogP) is 3.48. The molecule has 28 heavy (non-hydrogen) atoms. The van der Waals surface area contributed by atoms with Gasteiger partial charge in [-0.05, 0) is 80.7 Å². The highest BCUT2D eigenvalue weighted by atomic mass is 16.5. The Morgan fingerprint density at radius 2 is 1.93 bits per heavy atom. The highest BCUT2D eigenvalue weighted by molar-refractivity contribution is 5.42. The standard InChI is InChI=1S/C23H32N4O/c1-17(19-9-13-27(14-10-19)23-24-11-4-12-25-23)26-16-18-7-8-20-5-3-6-22(28-2)21(20)15-18/h3-6,11-12,17-19,26H,7-10,13-16H2,1-2H3. The van der Waals surface area contributed by atoms with Crippen molar-refractivity contribution >= 4 is 5.95 Å². The van der Waals surface area contributed by atoms with E-state index in [2.05, 4.69) is 45.3 Å². The van der Waals surface area contributed by atoms with Crippen LogP contribution in [-0.2, 0) is 12.8 Å². The van der Waals surface area contributed by atoms with E-state index >= 15 is 0 Å². The van der Waals surface area contributed by atoms with Gasteiger partial charge in [-0.15, -0.1) is 0 Å². The van der Waals surface area contributed by atoms with Gasteiger partial charge in [0.1, 0.15) is 5.75 Å². The number of nitrogens with one attached hydrogen (secondary N) is 1. The molecule has 1 aliphatic carbocycles. The van der Waals surface area contributed by atoms with Gasteiger partial charge in [0.05, 0.1) is 7.11 Å². The quantitative estimate of drug-likeness (QED) is 0.831. The van der Waals surface area contributed by atoms with E-state index in [1.54, 1.807) is 7.11 Å². The summed E-state index contributed by atoms with van der Waals surface area (Å²) in [6, 6.07) is 8.90. The summed E-state index contributed by atoms with van der Waals surface area (Å²) < 4.78 is 5.59. The zero-order valence-electron chi connectivity index (χ0n) is 17.1. The molecule has 1 aromatic carbocycles. The fraction of sp³-hybridized carbons (Fsp3) is 0.565. The number of ether oxygens (including phenoxy) is 1. The molecule has 0 bridgehead atoms. The van der Waals surface area contributed by atoms with E-state index < -0.39 is 0 Å². The maximum absolute atomic E-state index is 5.59. The molecule has 2 aromatic rings. The van der Waals surface area contributed by atoms with E-state index in [0.717, 1.165) is 43.7 Å². The predicted molar refractivity (Wildman–Crippen MR) is 113 cm³/mol. The van der Waals surface area contributed by atoms with Crippen molar-refractivity contribution in [3.8, 4) is 5.75 Å². The molecule has 1 aliphatic heterocycles. The molecule has 2 aliphatic rings. The number of hydrogen-bond acceptors (Lipinski definition) is 5. The minimum absolute atomic E-state index is 0.554. The Bertz CT molecular complexity index is 744. The van der Waals surface area contributed by atoms with Crippen LogP contribution in [0.2, 0.25) is 0 Å². The largest absolute Gasteiger partial charge is 0.496 e. The van der Waals surface area contributed by atoms with Gasteiger partial charge in [0, 0.05) is 31.5 Å². The van der Waals surface area contributed by atoms with Crippen molar-refractivity contribution in [1.29, 1.82) is 0 Å². The molecule has 5 nitrogen and oxygen atoms in total. The lowest BCUT2D eigenvalue weighted by Gasteiger charge is -2.36. The van der Waals surface area contributed by atoms with Crippen molar-refractivity contribution in [2.75, 3.05) is 31.6 Å². The normalized spacial score (nSPS) is 21.2. The molecule has 5 heteroatoms. The Kier molecular flexibility index (Phi) is 6.10. The fourth-order valence-electron chi connectivity index (χ4n) is 4.77. The molecule has 1 N–H and O–H groups in total. The van der Waals surface area contributed by atoms with Gasteiger partial charge in [0.25, 0.3) is 0 Å². The molecule has 2 heterocycles. The third-order valence-electron chi connectivity index (χ3n) is 6.57. The van der Waals surface area contributed by atoms with Crippen LogP contribution in [0.5, 0.6) is 5.75 Å². The number of piperidine rings is 1. The van der Waals surface area contributed by atoms with Gasteiger partial charge in [-0.3, -0.25) is 0 Å². The number of nitrogens with zero attached hydrogens (tertiary/aromatic N) is 3. The number of benzene rings is 1. The number of anilines is 1. The van der Waals surface area contributed by atoms with Gasteiger partial charge in [0.2, 0.25) is 5.95 Å². The molecule has 1 saturated heterocycles. The SMILES string of the molecule is COc1cccc2c1CC(CNC(C)C1CCN(c3ncccn3)CC1)CC2. The fourth-order valence-corrected chi connectivity index (χ4v) is 4.77. The second-order valence-corrected chi connectivity index (χ2v) is 8.28. The summed E-state index contributed by atoms with van der Waals surface area (Å²) in [5, 5.41) is 3.85. The molecule has 0 amide bonds. The van der Waals surface area contributed by atoms with E-state index in [9.17, 15) is 0 Å². The van der Waals surface area contributed by atoms with Crippen LogP contribution >= 0.6 is 0 Å². The number of hydrogen-bond donors (Lipinski definition) is 1. The molecule has 2 atom stereocenters. The average Bonchev–Trinajstić information content (AvgIpc) is 2.77. The molecule has 0 saturated carbocycles. The van der Waals surface area contributed by atoms with Crippen LogP contribution in [0.25, 0.3) is 0 Å². The van der Waals surface area contributed by atoms with Gasteiger partial charge in [-0.25, -0.2) is 9.97 Å². The average molecular weight is 381 g/mol.